The largest absolute Gasteiger partial charge is 0.302 e. The minimum atomic E-state index is 1.07. The second kappa shape index (κ2) is 5.03. The van der Waals surface area contributed by atoms with E-state index in [2.05, 4.69) is 41.1 Å². The fraction of sp³-hybridized carbons (Fsp3) is 0.500. The average Bonchev–Trinajstić information content (AvgIpc) is 2.68. The van der Waals surface area contributed by atoms with Gasteiger partial charge < -0.3 is 5.43 Å². The number of para-hydroxylation sites is 2. The van der Waals surface area contributed by atoms with Crippen molar-refractivity contribution >= 4 is 11.4 Å². The van der Waals surface area contributed by atoms with Gasteiger partial charge in [0.05, 0.1) is 11.4 Å². The Labute approximate surface area is 91.4 Å². The number of rotatable bonds is 5. The number of nitrogens with zero attached hydrogens (tertiary/aromatic N) is 1. The first-order valence-electron chi connectivity index (χ1n) is 5.80. The highest BCUT2D eigenvalue weighted by molar-refractivity contribution is 5.72. The Morgan fingerprint density at radius 1 is 1.13 bits per heavy atom. The molecule has 1 heterocycles. The zero-order valence-corrected chi connectivity index (χ0v) is 9.29. The van der Waals surface area contributed by atoms with Gasteiger partial charge in [0, 0.05) is 6.54 Å². The van der Waals surface area contributed by atoms with Crippen LogP contribution in [0.4, 0.5) is 11.4 Å². The second-order valence-corrected chi connectivity index (χ2v) is 3.97. The molecule has 1 aromatic rings. The first-order valence-corrected chi connectivity index (χ1v) is 5.80. The SMILES string of the molecule is CCCCCCN1NNc2ccccc21. The molecule has 0 saturated heterocycles. The summed E-state index contributed by atoms with van der Waals surface area (Å²) in [4.78, 5) is 0. The van der Waals surface area contributed by atoms with E-state index >= 15 is 0 Å². The monoisotopic (exact) mass is 205 g/mol. The summed E-state index contributed by atoms with van der Waals surface area (Å²) in [5.74, 6) is 0. The van der Waals surface area contributed by atoms with E-state index in [9.17, 15) is 0 Å². The molecule has 0 fully saturated rings. The third kappa shape index (κ3) is 2.42. The third-order valence-electron chi connectivity index (χ3n) is 2.76. The average molecular weight is 205 g/mol. The molecule has 2 rings (SSSR count). The van der Waals surface area contributed by atoms with Gasteiger partial charge in [-0.15, -0.1) is 5.53 Å². The summed E-state index contributed by atoms with van der Waals surface area (Å²) in [7, 11) is 0. The smallest absolute Gasteiger partial charge is 0.0782 e. The summed E-state index contributed by atoms with van der Waals surface area (Å²) in [5, 5.41) is 2.19. The van der Waals surface area contributed by atoms with Crippen molar-refractivity contribution in [1.82, 2.24) is 5.53 Å². The number of anilines is 2. The second-order valence-electron chi connectivity index (χ2n) is 3.97. The Bertz CT molecular complexity index is 311. The molecule has 0 atom stereocenters. The molecular formula is C12H19N3. The molecule has 0 bridgehead atoms. The van der Waals surface area contributed by atoms with Crippen LogP contribution in [0.1, 0.15) is 32.6 Å². The summed E-state index contributed by atoms with van der Waals surface area (Å²) < 4.78 is 0. The molecule has 0 radical (unpaired) electrons. The van der Waals surface area contributed by atoms with E-state index in [0.29, 0.717) is 0 Å². The number of hydrazine groups is 2. The summed E-state index contributed by atoms with van der Waals surface area (Å²) in [6.07, 6.45) is 5.19. The summed E-state index contributed by atoms with van der Waals surface area (Å²) in [6, 6.07) is 8.36. The molecule has 3 heteroatoms. The maximum atomic E-state index is 3.18. The highest BCUT2D eigenvalue weighted by Gasteiger charge is 2.15. The Balaban J connectivity index is 1.85. The Kier molecular flexibility index (Phi) is 3.45. The normalized spacial score (nSPS) is 13.8. The van der Waals surface area contributed by atoms with Gasteiger partial charge in [-0.2, -0.15) is 0 Å². The zero-order valence-electron chi connectivity index (χ0n) is 9.29. The van der Waals surface area contributed by atoms with Crippen molar-refractivity contribution in [2.24, 2.45) is 0 Å². The lowest BCUT2D eigenvalue weighted by atomic mass is 10.2. The van der Waals surface area contributed by atoms with Crippen LogP contribution in [0.15, 0.2) is 24.3 Å². The zero-order chi connectivity index (χ0) is 10.5. The predicted octanol–water partition coefficient (Wildman–Crippen LogP) is 2.92. The van der Waals surface area contributed by atoms with Crippen molar-refractivity contribution in [3.63, 3.8) is 0 Å². The van der Waals surface area contributed by atoms with Crippen LogP contribution < -0.4 is 16.0 Å². The molecule has 0 spiro atoms. The van der Waals surface area contributed by atoms with Gasteiger partial charge in [-0.05, 0) is 18.6 Å². The Morgan fingerprint density at radius 3 is 2.87 bits per heavy atom. The quantitative estimate of drug-likeness (QED) is 0.724. The molecule has 1 aliphatic heterocycles. The molecule has 0 amide bonds. The first kappa shape index (κ1) is 10.3. The van der Waals surface area contributed by atoms with E-state index in [1.54, 1.807) is 0 Å². The van der Waals surface area contributed by atoms with Gasteiger partial charge in [-0.1, -0.05) is 38.3 Å². The van der Waals surface area contributed by atoms with E-state index < -0.39 is 0 Å². The minimum absolute atomic E-state index is 1.07. The summed E-state index contributed by atoms with van der Waals surface area (Å²) >= 11 is 0. The van der Waals surface area contributed by atoms with Crippen LogP contribution in [0.2, 0.25) is 0 Å². The molecule has 0 aromatic heterocycles. The summed E-state index contributed by atoms with van der Waals surface area (Å²) in [5.41, 5.74) is 8.78. The van der Waals surface area contributed by atoms with Gasteiger partial charge in [0.15, 0.2) is 0 Å². The lowest BCUT2D eigenvalue weighted by Crippen LogP contribution is -2.36. The van der Waals surface area contributed by atoms with Crippen molar-refractivity contribution < 1.29 is 0 Å². The number of benzene rings is 1. The van der Waals surface area contributed by atoms with Gasteiger partial charge in [0.2, 0.25) is 0 Å². The van der Waals surface area contributed by atoms with E-state index in [1.165, 1.54) is 37.1 Å². The van der Waals surface area contributed by atoms with Crippen molar-refractivity contribution in [3.8, 4) is 0 Å². The number of unbranched alkanes of at least 4 members (excludes halogenated alkanes) is 3. The lowest BCUT2D eigenvalue weighted by Gasteiger charge is -2.17. The fourth-order valence-electron chi connectivity index (χ4n) is 1.88. The molecule has 3 nitrogen and oxygen atoms in total. The number of hydrogen-bond donors (Lipinski definition) is 2. The molecule has 0 saturated carbocycles. The number of nitrogens with one attached hydrogen (secondary N) is 2. The fourth-order valence-corrected chi connectivity index (χ4v) is 1.88. The van der Waals surface area contributed by atoms with E-state index in [0.717, 1.165) is 6.54 Å². The van der Waals surface area contributed by atoms with Crippen LogP contribution >= 0.6 is 0 Å². The van der Waals surface area contributed by atoms with Crippen molar-refractivity contribution in [2.75, 3.05) is 17.0 Å². The molecule has 15 heavy (non-hydrogen) atoms. The predicted molar refractivity (Wildman–Crippen MR) is 64.7 cm³/mol. The molecule has 82 valence electrons. The van der Waals surface area contributed by atoms with Gasteiger partial charge >= 0.3 is 0 Å². The van der Waals surface area contributed by atoms with Gasteiger partial charge in [0.25, 0.3) is 0 Å². The van der Waals surface area contributed by atoms with E-state index in [-0.39, 0.29) is 0 Å². The Hall–Kier alpha value is -1.22. The minimum Gasteiger partial charge on any atom is -0.302 e. The molecule has 0 aliphatic carbocycles. The Morgan fingerprint density at radius 2 is 2.00 bits per heavy atom. The van der Waals surface area contributed by atoms with Crippen molar-refractivity contribution in [2.45, 2.75) is 32.6 Å². The summed E-state index contributed by atoms with van der Waals surface area (Å²) in [6.45, 7) is 3.31. The molecule has 2 N–H and O–H groups in total. The van der Waals surface area contributed by atoms with Crippen LogP contribution in [0, 0.1) is 0 Å². The maximum absolute atomic E-state index is 3.18. The topological polar surface area (TPSA) is 27.3 Å². The third-order valence-corrected chi connectivity index (χ3v) is 2.76. The first-order chi connectivity index (χ1) is 7.42. The van der Waals surface area contributed by atoms with Crippen LogP contribution in [0.5, 0.6) is 0 Å². The molecule has 0 unspecified atom stereocenters. The highest BCUT2D eigenvalue weighted by Crippen LogP contribution is 2.28. The van der Waals surface area contributed by atoms with Gasteiger partial charge in [-0.25, -0.2) is 0 Å². The van der Waals surface area contributed by atoms with E-state index in [4.69, 9.17) is 0 Å². The van der Waals surface area contributed by atoms with Crippen LogP contribution in [-0.4, -0.2) is 6.54 Å². The van der Waals surface area contributed by atoms with E-state index in [1.807, 2.05) is 6.07 Å². The lowest BCUT2D eigenvalue weighted by molar-refractivity contribution is 0.622. The van der Waals surface area contributed by atoms with Crippen LogP contribution in [-0.2, 0) is 0 Å². The van der Waals surface area contributed by atoms with Crippen LogP contribution in [0.3, 0.4) is 0 Å². The number of hydrogen-bond acceptors (Lipinski definition) is 3. The van der Waals surface area contributed by atoms with Gasteiger partial charge in [0.1, 0.15) is 0 Å². The van der Waals surface area contributed by atoms with Crippen molar-refractivity contribution in [3.05, 3.63) is 24.3 Å². The maximum Gasteiger partial charge on any atom is 0.0782 e. The standard InChI is InChI=1S/C12H19N3/c1-2-3-4-7-10-15-12-9-6-5-8-11(12)13-14-15/h5-6,8-9,13-14H,2-4,7,10H2,1H3. The molecule has 1 aliphatic rings. The molecular weight excluding hydrogens is 186 g/mol. The van der Waals surface area contributed by atoms with Gasteiger partial charge in [-0.3, -0.25) is 5.01 Å². The molecule has 1 aromatic carbocycles. The van der Waals surface area contributed by atoms with Crippen LogP contribution in [0.25, 0.3) is 0 Å². The highest BCUT2D eigenvalue weighted by atomic mass is 15.7. The number of fused-ring (bicyclic) bond motifs is 1. The van der Waals surface area contributed by atoms with Crippen molar-refractivity contribution in [1.29, 1.82) is 0 Å².